The third-order valence-corrected chi connectivity index (χ3v) is 4.09. The molecule has 114 valence electrons. The SMILES string of the molecule is CCNC(Cc1c(Cl)c(CC)nn1CC)c1ccncc1. The first kappa shape index (κ1) is 16.0. The quantitative estimate of drug-likeness (QED) is 0.852. The molecule has 0 aliphatic carbocycles. The summed E-state index contributed by atoms with van der Waals surface area (Å²) in [6, 6.07) is 4.32. The van der Waals surface area contributed by atoms with Crippen LogP contribution in [-0.2, 0) is 19.4 Å². The number of aryl methyl sites for hydroxylation is 2. The van der Waals surface area contributed by atoms with E-state index in [-0.39, 0.29) is 6.04 Å². The van der Waals surface area contributed by atoms with Crippen LogP contribution in [0.5, 0.6) is 0 Å². The van der Waals surface area contributed by atoms with Gasteiger partial charge in [0.1, 0.15) is 0 Å². The first-order chi connectivity index (χ1) is 10.2. The Balaban J connectivity index is 2.31. The second kappa shape index (κ2) is 7.57. The Morgan fingerprint density at radius 3 is 2.52 bits per heavy atom. The van der Waals surface area contributed by atoms with E-state index in [1.165, 1.54) is 5.56 Å². The molecule has 0 spiro atoms. The van der Waals surface area contributed by atoms with Gasteiger partial charge < -0.3 is 5.32 Å². The van der Waals surface area contributed by atoms with Crippen molar-refractivity contribution in [3.8, 4) is 0 Å². The van der Waals surface area contributed by atoms with Gasteiger partial charge in [0.2, 0.25) is 0 Å². The Morgan fingerprint density at radius 2 is 1.95 bits per heavy atom. The van der Waals surface area contributed by atoms with E-state index in [1.54, 1.807) is 0 Å². The molecule has 0 bridgehead atoms. The van der Waals surface area contributed by atoms with Crippen LogP contribution in [0, 0.1) is 0 Å². The summed E-state index contributed by atoms with van der Waals surface area (Å²) in [6.07, 6.45) is 5.35. The highest BCUT2D eigenvalue weighted by Crippen LogP contribution is 2.26. The van der Waals surface area contributed by atoms with Crippen LogP contribution in [-0.4, -0.2) is 21.3 Å². The number of nitrogens with zero attached hydrogens (tertiary/aromatic N) is 3. The van der Waals surface area contributed by atoms with Crippen molar-refractivity contribution in [2.75, 3.05) is 6.54 Å². The van der Waals surface area contributed by atoms with E-state index in [1.807, 2.05) is 17.1 Å². The van der Waals surface area contributed by atoms with E-state index in [0.29, 0.717) is 0 Å². The van der Waals surface area contributed by atoms with Crippen LogP contribution in [0.4, 0.5) is 0 Å². The van der Waals surface area contributed by atoms with Crippen LogP contribution < -0.4 is 5.32 Å². The number of hydrogen-bond donors (Lipinski definition) is 1. The van der Waals surface area contributed by atoms with Crippen molar-refractivity contribution in [3.63, 3.8) is 0 Å². The number of likely N-dealkylation sites (N-methyl/N-ethyl adjacent to an activating group) is 1. The van der Waals surface area contributed by atoms with Gasteiger partial charge in [-0.2, -0.15) is 5.10 Å². The summed E-state index contributed by atoms with van der Waals surface area (Å²) in [6.45, 7) is 8.05. The summed E-state index contributed by atoms with van der Waals surface area (Å²) in [5.41, 5.74) is 3.32. The molecule has 5 heteroatoms. The molecular weight excluding hydrogens is 284 g/mol. The normalized spacial score (nSPS) is 12.6. The molecule has 0 radical (unpaired) electrons. The third kappa shape index (κ3) is 3.63. The van der Waals surface area contributed by atoms with E-state index in [0.717, 1.165) is 42.3 Å². The van der Waals surface area contributed by atoms with Gasteiger partial charge in [0, 0.05) is 31.4 Å². The molecule has 2 rings (SSSR count). The Morgan fingerprint density at radius 1 is 1.24 bits per heavy atom. The fourth-order valence-electron chi connectivity index (χ4n) is 2.56. The van der Waals surface area contributed by atoms with Gasteiger partial charge in [-0.25, -0.2) is 0 Å². The molecule has 0 fully saturated rings. The van der Waals surface area contributed by atoms with Crippen molar-refractivity contribution >= 4 is 11.6 Å². The molecule has 0 aromatic carbocycles. The topological polar surface area (TPSA) is 42.7 Å². The average molecular weight is 307 g/mol. The predicted octanol–water partition coefficient (Wildman–Crippen LogP) is 3.41. The lowest BCUT2D eigenvalue weighted by atomic mass is 10.0. The van der Waals surface area contributed by atoms with Gasteiger partial charge in [-0.15, -0.1) is 0 Å². The molecule has 1 unspecified atom stereocenters. The standard InChI is InChI=1S/C16H23ClN4/c1-4-13-16(17)15(21(6-3)20-13)11-14(19-5-2)12-7-9-18-10-8-12/h7-10,14,19H,4-6,11H2,1-3H3. The van der Waals surface area contributed by atoms with Crippen molar-refractivity contribution < 1.29 is 0 Å². The van der Waals surface area contributed by atoms with Gasteiger partial charge in [-0.05, 0) is 37.6 Å². The molecular formula is C16H23ClN4. The van der Waals surface area contributed by atoms with E-state index in [9.17, 15) is 0 Å². The summed E-state index contributed by atoms with van der Waals surface area (Å²) < 4.78 is 2.02. The number of rotatable bonds is 7. The zero-order valence-corrected chi connectivity index (χ0v) is 13.7. The van der Waals surface area contributed by atoms with Gasteiger partial charge in [0.05, 0.1) is 16.4 Å². The van der Waals surface area contributed by atoms with Crippen LogP contribution in [0.1, 0.15) is 43.8 Å². The number of halogens is 1. The lowest BCUT2D eigenvalue weighted by Gasteiger charge is -2.19. The molecule has 1 N–H and O–H groups in total. The second-order valence-corrected chi connectivity index (χ2v) is 5.35. The Kier molecular flexibility index (Phi) is 5.76. The first-order valence-corrected chi connectivity index (χ1v) is 7.96. The van der Waals surface area contributed by atoms with Crippen molar-refractivity contribution in [2.24, 2.45) is 0 Å². The Labute approximate surface area is 131 Å². The lowest BCUT2D eigenvalue weighted by Crippen LogP contribution is -2.24. The zero-order chi connectivity index (χ0) is 15.2. The largest absolute Gasteiger partial charge is 0.310 e. The van der Waals surface area contributed by atoms with E-state index in [2.05, 4.69) is 48.3 Å². The molecule has 2 aromatic heterocycles. The van der Waals surface area contributed by atoms with Crippen molar-refractivity contribution in [2.45, 2.75) is 46.2 Å². The van der Waals surface area contributed by atoms with Gasteiger partial charge in [-0.3, -0.25) is 9.67 Å². The maximum Gasteiger partial charge on any atom is 0.0850 e. The average Bonchev–Trinajstić information content (AvgIpc) is 2.83. The Hall–Kier alpha value is -1.39. The maximum atomic E-state index is 6.52. The molecule has 21 heavy (non-hydrogen) atoms. The third-order valence-electron chi connectivity index (χ3n) is 3.65. The molecule has 0 aliphatic rings. The molecule has 2 heterocycles. The van der Waals surface area contributed by atoms with Gasteiger partial charge in [-0.1, -0.05) is 25.4 Å². The smallest absolute Gasteiger partial charge is 0.0850 e. The number of pyridine rings is 1. The highest BCUT2D eigenvalue weighted by molar-refractivity contribution is 6.31. The lowest BCUT2D eigenvalue weighted by molar-refractivity contribution is 0.515. The fraction of sp³-hybridized carbons (Fsp3) is 0.500. The summed E-state index contributed by atoms with van der Waals surface area (Å²) >= 11 is 6.52. The van der Waals surface area contributed by atoms with E-state index >= 15 is 0 Å². The molecule has 0 saturated heterocycles. The number of hydrogen-bond acceptors (Lipinski definition) is 3. The predicted molar refractivity (Wildman–Crippen MR) is 86.6 cm³/mol. The van der Waals surface area contributed by atoms with Crippen LogP contribution in [0.25, 0.3) is 0 Å². The molecule has 4 nitrogen and oxygen atoms in total. The van der Waals surface area contributed by atoms with Gasteiger partial charge in [0.15, 0.2) is 0 Å². The number of aromatic nitrogens is 3. The molecule has 0 saturated carbocycles. The second-order valence-electron chi connectivity index (χ2n) is 4.97. The van der Waals surface area contributed by atoms with Crippen LogP contribution in [0.15, 0.2) is 24.5 Å². The highest BCUT2D eigenvalue weighted by Gasteiger charge is 2.19. The van der Waals surface area contributed by atoms with E-state index in [4.69, 9.17) is 11.6 Å². The fourth-order valence-corrected chi connectivity index (χ4v) is 2.90. The molecule has 0 amide bonds. The molecule has 2 aromatic rings. The summed E-state index contributed by atoms with van der Waals surface area (Å²) in [7, 11) is 0. The van der Waals surface area contributed by atoms with Crippen LogP contribution in [0.2, 0.25) is 5.02 Å². The Bertz CT molecular complexity index is 565. The van der Waals surface area contributed by atoms with Gasteiger partial charge >= 0.3 is 0 Å². The number of nitrogens with one attached hydrogen (secondary N) is 1. The van der Waals surface area contributed by atoms with Crippen LogP contribution in [0.3, 0.4) is 0 Å². The summed E-state index contributed by atoms with van der Waals surface area (Å²) in [4.78, 5) is 4.09. The van der Waals surface area contributed by atoms with E-state index < -0.39 is 0 Å². The molecule has 0 aliphatic heterocycles. The van der Waals surface area contributed by atoms with Crippen molar-refractivity contribution in [3.05, 3.63) is 46.5 Å². The summed E-state index contributed by atoms with van der Waals surface area (Å²) in [5.74, 6) is 0. The molecule has 1 atom stereocenters. The zero-order valence-electron chi connectivity index (χ0n) is 12.9. The summed E-state index contributed by atoms with van der Waals surface area (Å²) in [5, 5.41) is 8.94. The minimum Gasteiger partial charge on any atom is -0.310 e. The monoisotopic (exact) mass is 306 g/mol. The highest BCUT2D eigenvalue weighted by atomic mass is 35.5. The van der Waals surface area contributed by atoms with Crippen LogP contribution >= 0.6 is 11.6 Å². The van der Waals surface area contributed by atoms with Crippen molar-refractivity contribution in [1.29, 1.82) is 0 Å². The minimum atomic E-state index is 0.224. The minimum absolute atomic E-state index is 0.224. The first-order valence-electron chi connectivity index (χ1n) is 7.58. The maximum absolute atomic E-state index is 6.52. The van der Waals surface area contributed by atoms with Gasteiger partial charge in [0.25, 0.3) is 0 Å². The van der Waals surface area contributed by atoms with Crippen molar-refractivity contribution in [1.82, 2.24) is 20.1 Å².